The average molecular weight is 861 g/mol. The number of carbonyl (C=O) groups is 3. The number of hydrogen-bond donors (Lipinski definition) is 12. The summed E-state index contributed by atoms with van der Waals surface area (Å²) < 4.78 is 38.9. The van der Waals surface area contributed by atoms with Gasteiger partial charge in [0, 0.05) is 23.8 Å². The number of phenols is 5. The molecular weight excluding hydrogens is 820 g/mol. The molecule has 22 nitrogen and oxygen atoms in total. The number of carboxylic acids is 1. The number of aliphatic hydroxyl groups excluding tert-OH is 6. The van der Waals surface area contributed by atoms with E-state index in [2.05, 4.69) is 0 Å². The Labute approximate surface area is 343 Å². The Morgan fingerprint density at radius 1 is 0.656 bits per heavy atom. The lowest BCUT2D eigenvalue weighted by atomic mass is 9.98. The molecular formula is C39H40O22. The molecule has 3 aliphatic rings. The van der Waals surface area contributed by atoms with E-state index in [1.165, 1.54) is 36.4 Å². The Hall–Kier alpha value is -6.37. The SMILES string of the molecule is O=C(O)CC(=O)OC[C@@H]1O[C@@H](OC2=Cc3c(O)cc(O)cc3OC2c2ccc(O)c(O[C@@H]3O[C@@H](COC(=O)/C=C/c4ccc(O)c(O)c4)[C@@H](O)[C@H](O)[C@H]3O)c2)[C@@H](O)[C@H](O)[C@@H]1O. The summed E-state index contributed by atoms with van der Waals surface area (Å²) in [6.45, 7) is -1.44. The predicted molar refractivity (Wildman–Crippen MR) is 197 cm³/mol. The number of benzene rings is 3. The van der Waals surface area contributed by atoms with E-state index >= 15 is 0 Å². The third-order valence-electron chi connectivity index (χ3n) is 9.52. The van der Waals surface area contributed by atoms with E-state index in [0.717, 1.165) is 30.3 Å². The van der Waals surface area contributed by atoms with Gasteiger partial charge in [0.15, 0.2) is 29.1 Å². The van der Waals surface area contributed by atoms with Crippen LogP contribution in [0.1, 0.15) is 29.2 Å². The van der Waals surface area contributed by atoms with Crippen molar-refractivity contribution in [1.29, 1.82) is 0 Å². The first-order valence-electron chi connectivity index (χ1n) is 18.1. The predicted octanol–water partition coefficient (Wildman–Crippen LogP) is -1.03. The van der Waals surface area contributed by atoms with Crippen LogP contribution in [-0.4, -0.2) is 154 Å². The number of rotatable bonds is 13. The van der Waals surface area contributed by atoms with Gasteiger partial charge in [0.1, 0.15) is 91.5 Å². The smallest absolute Gasteiger partial charge is 0.330 e. The first-order chi connectivity index (χ1) is 28.9. The molecule has 328 valence electrons. The first kappa shape index (κ1) is 44.2. The van der Waals surface area contributed by atoms with Crippen molar-refractivity contribution >= 4 is 30.1 Å². The lowest BCUT2D eigenvalue weighted by Crippen LogP contribution is -2.60. The Bertz CT molecular complexity index is 2170. The minimum absolute atomic E-state index is 0.0440. The minimum Gasteiger partial charge on any atom is -0.508 e. The molecule has 0 radical (unpaired) electrons. The molecule has 0 aliphatic carbocycles. The number of hydrogen-bond acceptors (Lipinski definition) is 21. The van der Waals surface area contributed by atoms with Gasteiger partial charge in [-0.3, -0.25) is 9.59 Å². The third-order valence-corrected chi connectivity index (χ3v) is 9.52. The Morgan fingerprint density at radius 3 is 1.92 bits per heavy atom. The van der Waals surface area contributed by atoms with E-state index < -0.39 is 134 Å². The number of esters is 2. The number of phenolic OH excluding ortho intramolecular Hbond substituents is 5. The van der Waals surface area contributed by atoms with Crippen LogP contribution in [0.3, 0.4) is 0 Å². The summed E-state index contributed by atoms with van der Waals surface area (Å²) in [4.78, 5) is 35.1. The van der Waals surface area contributed by atoms with Gasteiger partial charge in [0.25, 0.3) is 0 Å². The van der Waals surface area contributed by atoms with Crippen molar-refractivity contribution in [3.8, 4) is 40.2 Å². The molecule has 2 saturated heterocycles. The molecule has 6 rings (SSSR count). The van der Waals surface area contributed by atoms with Crippen LogP contribution in [0.15, 0.2) is 60.4 Å². The van der Waals surface area contributed by atoms with Gasteiger partial charge in [-0.1, -0.05) is 12.1 Å². The van der Waals surface area contributed by atoms with Gasteiger partial charge < -0.3 is 94.4 Å². The van der Waals surface area contributed by atoms with Crippen LogP contribution < -0.4 is 9.47 Å². The zero-order chi connectivity index (χ0) is 44.3. The second-order valence-electron chi connectivity index (χ2n) is 13.9. The molecule has 1 unspecified atom stereocenters. The van der Waals surface area contributed by atoms with E-state index in [9.17, 15) is 70.6 Å². The van der Waals surface area contributed by atoms with Crippen LogP contribution in [0.5, 0.6) is 40.2 Å². The fraction of sp³-hybridized carbons (Fsp3) is 0.359. The third kappa shape index (κ3) is 10.2. The highest BCUT2D eigenvalue weighted by Crippen LogP contribution is 2.46. The summed E-state index contributed by atoms with van der Waals surface area (Å²) in [5.74, 6) is -6.72. The van der Waals surface area contributed by atoms with Crippen molar-refractivity contribution in [3.05, 3.63) is 77.1 Å². The topological polar surface area (TPSA) is 359 Å². The molecule has 3 heterocycles. The van der Waals surface area contributed by atoms with E-state index in [0.29, 0.717) is 5.56 Å². The van der Waals surface area contributed by atoms with Crippen LogP contribution in [0.25, 0.3) is 12.2 Å². The number of fused-ring (bicyclic) bond motifs is 1. The van der Waals surface area contributed by atoms with E-state index in [1.807, 2.05) is 0 Å². The van der Waals surface area contributed by atoms with Gasteiger partial charge in [0.05, 0.1) is 5.56 Å². The highest BCUT2D eigenvalue weighted by molar-refractivity contribution is 5.90. The number of aromatic hydroxyl groups is 5. The van der Waals surface area contributed by atoms with Gasteiger partial charge in [0.2, 0.25) is 12.6 Å². The summed E-state index contributed by atoms with van der Waals surface area (Å²) in [5.41, 5.74) is 0.339. The van der Waals surface area contributed by atoms with E-state index in [4.69, 9.17) is 38.3 Å². The lowest BCUT2D eigenvalue weighted by molar-refractivity contribution is -0.294. The molecule has 22 heteroatoms. The van der Waals surface area contributed by atoms with Crippen LogP contribution in [-0.2, 0) is 38.1 Å². The number of aliphatic carboxylic acids is 1. The van der Waals surface area contributed by atoms with E-state index in [1.54, 1.807) is 0 Å². The fourth-order valence-electron chi connectivity index (χ4n) is 6.29. The van der Waals surface area contributed by atoms with Crippen molar-refractivity contribution in [2.24, 2.45) is 0 Å². The number of aliphatic hydroxyl groups is 6. The van der Waals surface area contributed by atoms with Crippen molar-refractivity contribution in [2.45, 2.75) is 73.9 Å². The number of ether oxygens (including phenoxy) is 7. The molecule has 0 amide bonds. The second-order valence-corrected chi connectivity index (χ2v) is 13.9. The van der Waals surface area contributed by atoms with Gasteiger partial charge in [-0.2, -0.15) is 0 Å². The molecule has 0 saturated carbocycles. The second kappa shape index (κ2) is 18.5. The zero-order valence-electron chi connectivity index (χ0n) is 31.3. The molecule has 2 fully saturated rings. The number of carbonyl (C=O) groups excluding carboxylic acids is 2. The standard InChI is InChI=1S/C39H40O22/c40-17-9-21(43)18-11-25(59-39-36(54)34(52)32(50)27(61-39)14-56-30(48)12-28(45)46)37(57-23(18)10-17)16-3-5-20(42)24(8-16)58-38-35(53)33(51)31(49)26(60-38)13-55-29(47)6-2-15-1-4-19(41)22(44)7-15/h1-11,26-27,31-44,49-54H,12-14H2,(H,45,46)/b6-2+/t26-,27-,31+,32+,33-,34+,35+,36-,37?,38+,39+/m0/s1. The summed E-state index contributed by atoms with van der Waals surface area (Å²) in [6, 6.07) is 9.44. The fourth-order valence-corrected chi connectivity index (χ4v) is 6.29. The molecule has 61 heavy (non-hydrogen) atoms. The number of carboxylic acid groups (broad SMARTS) is 1. The molecule has 3 aromatic carbocycles. The Kier molecular flexibility index (Phi) is 13.4. The lowest BCUT2D eigenvalue weighted by Gasteiger charge is -2.41. The molecule has 12 N–H and O–H groups in total. The maximum absolute atomic E-state index is 12.4. The summed E-state index contributed by atoms with van der Waals surface area (Å²) in [5, 5.41) is 124. The minimum atomic E-state index is -1.97. The largest absolute Gasteiger partial charge is 0.508 e. The average Bonchev–Trinajstić information content (AvgIpc) is 3.21. The molecule has 3 aliphatic heterocycles. The molecule has 11 atom stereocenters. The van der Waals surface area contributed by atoms with E-state index in [-0.39, 0.29) is 28.4 Å². The Morgan fingerprint density at radius 2 is 1.28 bits per heavy atom. The quantitative estimate of drug-likeness (QED) is 0.0423. The van der Waals surface area contributed by atoms with Gasteiger partial charge in [-0.05, 0) is 42.0 Å². The van der Waals surface area contributed by atoms with Crippen molar-refractivity contribution in [2.75, 3.05) is 13.2 Å². The highest BCUT2D eigenvalue weighted by atomic mass is 16.7. The van der Waals surface area contributed by atoms with Crippen LogP contribution in [0.4, 0.5) is 0 Å². The van der Waals surface area contributed by atoms with Gasteiger partial charge in [-0.15, -0.1) is 0 Å². The molecule has 0 bridgehead atoms. The summed E-state index contributed by atoms with van der Waals surface area (Å²) >= 11 is 0. The maximum atomic E-state index is 12.4. The van der Waals surface area contributed by atoms with Crippen molar-refractivity contribution in [3.63, 3.8) is 0 Å². The van der Waals surface area contributed by atoms with Crippen LogP contribution in [0.2, 0.25) is 0 Å². The maximum Gasteiger partial charge on any atom is 0.330 e. The van der Waals surface area contributed by atoms with Crippen molar-refractivity contribution in [1.82, 2.24) is 0 Å². The van der Waals surface area contributed by atoms with Gasteiger partial charge >= 0.3 is 17.9 Å². The monoisotopic (exact) mass is 860 g/mol. The zero-order valence-corrected chi connectivity index (χ0v) is 31.3. The normalized spacial score (nSPS) is 28.5. The molecule has 3 aromatic rings. The van der Waals surface area contributed by atoms with Crippen LogP contribution in [0, 0.1) is 0 Å². The summed E-state index contributed by atoms with van der Waals surface area (Å²) in [6.07, 6.45) is -17.2. The highest BCUT2D eigenvalue weighted by Gasteiger charge is 2.48. The summed E-state index contributed by atoms with van der Waals surface area (Å²) in [7, 11) is 0. The molecule has 0 spiro atoms. The van der Waals surface area contributed by atoms with Crippen molar-refractivity contribution < 1.29 is 109 Å². The first-order valence-corrected chi connectivity index (χ1v) is 18.1. The Balaban J connectivity index is 1.21. The van der Waals surface area contributed by atoms with Gasteiger partial charge in [-0.25, -0.2) is 4.79 Å². The molecule has 0 aromatic heterocycles. The van der Waals surface area contributed by atoms with Crippen LogP contribution >= 0.6 is 0 Å².